The van der Waals surface area contributed by atoms with E-state index in [2.05, 4.69) is 4.74 Å². The molecule has 0 spiro atoms. The standard InChI is InChI=1S/C16H14ClFO3/c1-9-6-15(20-2)12(8-13(9)17)11-7-10(16(19)21-3)4-5-14(11)18/h4-8H,1-3H3. The maximum Gasteiger partial charge on any atom is 0.337 e. The summed E-state index contributed by atoms with van der Waals surface area (Å²) in [5, 5.41) is 0.494. The van der Waals surface area contributed by atoms with Crippen molar-refractivity contribution in [1.29, 1.82) is 0 Å². The zero-order chi connectivity index (χ0) is 15.6. The molecule has 0 fully saturated rings. The Bertz CT molecular complexity index is 698. The van der Waals surface area contributed by atoms with Crippen LogP contribution >= 0.6 is 11.6 Å². The molecule has 2 rings (SSSR count). The molecule has 0 bridgehead atoms. The Morgan fingerprint density at radius 1 is 1.14 bits per heavy atom. The maximum atomic E-state index is 14.1. The molecule has 0 atom stereocenters. The van der Waals surface area contributed by atoms with Gasteiger partial charge in [0.05, 0.1) is 19.8 Å². The Kier molecular flexibility index (Phi) is 4.48. The van der Waals surface area contributed by atoms with E-state index in [1.807, 2.05) is 6.92 Å². The second-order valence-corrected chi connectivity index (χ2v) is 4.90. The number of methoxy groups -OCH3 is 2. The van der Waals surface area contributed by atoms with Gasteiger partial charge in [0.1, 0.15) is 11.6 Å². The van der Waals surface area contributed by atoms with Gasteiger partial charge >= 0.3 is 5.97 Å². The Balaban J connectivity index is 2.66. The van der Waals surface area contributed by atoms with Gasteiger partial charge in [0, 0.05) is 16.1 Å². The highest BCUT2D eigenvalue weighted by molar-refractivity contribution is 6.31. The Morgan fingerprint density at radius 2 is 1.86 bits per heavy atom. The first-order chi connectivity index (χ1) is 9.97. The summed E-state index contributed by atoms with van der Waals surface area (Å²) in [6, 6.07) is 7.35. The van der Waals surface area contributed by atoms with Crippen LogP contribution in [0.2, 0.25) is 5.02 Å². The molecule has 0 saturated heterocycles. The highest BCUT2D eigenvalue weighted by atomic mass is 35.5. The van der Waals surface area contributed by atoms with Crippen molar-refractivity contribution in [2.75, 3.05) is 14.2 Å². The number of rotatable bonds is 3. The summed E-state index contributed by atoms with van der Waals surface area (Å²) >= 11 is 6.10. The van der Waals surface area contributed by atoms with Crippen LogP contribution in [0.3, 0.4) is 0 Å². The van der Waals surface area contributed by atoms with Crippen molar-refractivity contribution < 1.29 is 18.7 Å². The van der Waals surface area contributed by atoms with E-state index in [1.165, 1.54) is 32.4 Å². The first kappa shape index (κ1) is 15.3. The predicted octanol–water partition coefficient (Wildman–Crippen LogP) is 4.25. The topological polar surface area (TPSA) is 35.5 Å². The van der Waals surface area contributed by atoms with Crippen LogP contribution in [0, 0.1) is 12.7 Å². The molecule has 0 aromatic heterocycles. The summed E-state index contributed by atoms with van der Waals surface area (Å²) in [4.78, 5) is 11.6. The molecule has 3 nitrogen and oxygen atoms in total. The van der Waals surface area contributed by atoms with E-state index in [4.69, 9.17) is 16.3 Å². The third kappa shape index (κ3) is 3.00. The van der Waals surface area contributed by atoms with E-state index in [0.29, 0.717) is 16.3 Å². The van der Waals surface area contributed by atoms with E-state index in [1.54, 1.807) is 12.1 Å². The minimum absolute atomic E-state index is 0.233. The van der Waals surface area contributed by atoms with Crippen molar-refractivity contribution in [3.05, 3.63) is 52.3 Å². The highest BCUT2D eigenvalue weighted by Gasteiger charge is 2.16. The molecular formula is C16H14ClFO3. The molecule has 110 valence electrons. The first-order valence-corrected chi connectivity index (χ1v) is 6.58. The fourth-order valence-corrected chi connectivity index (χ4v) is 2.17. The molecule has 0 unspecified atom stereocenters. The minimum Gasteiger partial charge on any atom is -0.496 e. The third-order valence-corrected chi connectivity index (χ3v) is 3.57. The number of ether oxygens (including phenoxy) is 2. The summed E-state index contributed by atoms with van der Waals surface area (Å²) in [5.74, 6) is -0.521. The van der Waals surface area contributed by atoms with Crippen LogP contribution in [-0.2, 0) is 4.74 Å². The lowest BCUT2D eigenvalue weighted by atomic mass is 10.00. The molecule has 0 N–H and O–H groups in total. The zero-order valence-corrected chi connectivity index (χ0v) is 12.6. The fraction of sp³-hybridized carbons (Fsp3) is 0.188. The van der Waals surface area contributed by atoms with Crippen molar-refractivity contribution in [3.63, 3.8) is 0 Å². The summed E-state index contributed by atoms with van der Waals surface area (Å²) in [7, 11) is 2.77. The van der Waals surface area contributed by atoms with Gasteiger partial charge in [-0.05, 0) is 42.8 Å². The smallest absolute Gasteiger partial charge is 0.337 e. The number of aryl methyl sites for hydroxylation is 1. The number of carbonyl (C=O) groups excluding carboxylic acids is 1. The minimum atomic E-state index is -0.534. The van der Waals surface area contributed by atoms with Crippen LogP contribution in [0.4, 0.5) is 4.39 Å². The maximum absolute atomic E-state index is 14.1. The number of hydrogen-bond donors (Lipinski definition) is 0. The Labute approximate surface area is 127 Å². The second kappa shape index (κ2) is 6.14. The number of carbonyl (C=O) groups is 1. The molecule has 0 aliphatic carbocycles. The summed E-state index contributed by atoms with van der Waals surface area (Å²) in [5.41, 5.74) is 1.79. The molecule has 21 heavy (non-hydrogen) atoms. The van der Waals surface area contributed by atoms with E-state index >= 15 is 0 Å². The molecule has 2 aromatic rings. The van der Waals surface area contributed by atoms with E-state index in [9.17, 15) is 9.18 Å². The van der Waals surface area contributed by atoms with Crippen LogP contribution < -0.4 is 4.74 Å². The van der Waals surface area contributed by atoms with Crippen LogP contribution in [0.1, 0.15) is 15.9 Å². The van der Waals surface area contributed by atoms with Gasteiger partial charge in [-0.3, -0.25) is 0 Å². The molecule has 2 aromatic carbocycles. The first-order valence-electron chi connectivity index (χ1n) is 6.20. The van der Waals surface area contributed by atoms with Crippen molar-refractivity contribution in [2.24, 2.45) is 0 Å². The van der Waals surface area contributed by atoms with Gasteiger partial charge in [-0.1, -0.05) is 11.6 Å². The lowest BCUT2D eigenvalue weighted by Gasteiger charge is -2.12. The predicted molar refractivity (Wildman–Crippen MR) is 79.5 cm³/mol. The van der Waals surface area contributed by atoms with Gasteiger partial charge in [0.25, 0.3) is 0 Å². The van der Waals surface area contributed by atoms with Crippen molar-refractivity contribution >= 4 is 17.6 Å². The van der Waals surface area contributed by atoms with Crippen molar-refractivity contribution in [3.8, 4) is 16.9 Å². The van der Waals surface area contributed by atoms with Gasteiger partial charge in [-0.15, -0.1) is 0 Å². The SMILES string of the molecule is COC(=O)c1ccc(F)c(-c2cc(Cl)c(C)cc2OC)c1. The van der Waals surface area contributed by atoms with Gasteiger partial charge in [0.2, 0.25) is 0 Å². The fourth-order valence-electron chi connectivity index (χ4n) is 2.01. The number of benzene rings is 2. The van der Waals surface area contributed by atoms with Gasteiger partial charge < -0.3 is 9.47 Å². The molecule has 0 aliphatic heterocycles. The molecule has 0 saturated carbocycles. The van der Waals surface area contributed by atoms with Crippen molar-refractivity contribution in [1.82, 2.24) is 0 Å². The monoisotopic (exact) mass is 308 g/mol. The summed E-state index contributed by atoms with van der Waals surface area (Å²) in [6.07, 6.45) is 0. The van der Waals surface area contributed by atoms with E-state index in [-0.39, 0.29) is 11.1 Å². The van der Waals surface area contributed by atoms with Crippen LogP contribution in [0.25, 0.3) is 11.1 Å². The third-order valence-electron chi connectivity index (χ3n) is 3.16. The van der Waals surface area contributed by atoms with Crippen molar-refractivity contribution in [2.45, 2.75) is 6.92 Å². The van der Waals surface area contributed by atoms with Crippen LogP contribution in [-0.4, -0.2) is 20.2 Å². The van der Waals surface area contributed by atoms with Crippen LogP contribution in [0.5, 0.6) is 5.75 Å². The van der Waals surface area contributed by atoms with Gasteiger partial charge in [-0.2, -0.15) is 0 Å². The molecular weight excluding hydrogens is 295 g/mol. The molecule has 5 heteroatoms. The normalized spacial score (nSPS) is 10.3. The average molecular weight is 309 g/mol. The highest BCUT2D eigenvalue weighted by Crippen LogP contribution is 2.36. The Hall–Kier alpha value is -2.07. The largest absolute Gasteiger partial charge is 0.496 e. The number of hydrogen-bond acceptors (Lipinski definition) is 3. The number of halogens is 2. The summed E-state index contributed by atoms with van der Waals surface area (Å²) < 4.78 is 24.0. The lowest BCUT2D eigenvalue weighted by Crippen LogP contribution is -2.02. The average Bonchev–Trinajstić information content (AvgIpc) is 2.49. The molecule has 0 radical (unpaired) electrons. The molecule has 0 heterocycles. The number of esters is 1. The second-order valence-electron chi connectivity index (χ2n) is 4.49. The van der Waals surface area contributed by atoms with E-state index < -0.39 is 11.8 Å². The van der Waals surface area contributed by atoms with Gasteiger partial charge in [-0.25, -0.2) is 9.18 Å². The lowest BCUT2D eigenvalue weighted by molar-refractivity contribution is 0.0600. The van der Waals surface area contributed by atoms with E-state index in [0.717, 1.165) is 5.56 Å². The van der Waals surface area contributed by atoms with Gasteiger partial charge in [0.15, 0.2) is 0 Å². The quantitative estimate of drug-likeness (QED) is 0.795. The molecule has 0 aliphatic rings. The van der Waals surface area contributed by atoms with Crippen LogP contribution in [0.15, 0.2) is 30.3 Å². The summed E-state index contributed by atoms with van der Waals surface area (Å²) in [6.45, 7) is 1.83. The molecule has 0 amide bonds. The Morgan fingerprint density at radius 3 is 2.48 bits per heavy atom. The zero-order valence-electron chi connectivity index (χ0n) is 11.9.